The van der Waals surface area contributed by atoms with Crippen LogP contribution in [-0.4, -0.2) is 21.0 Å². The van der Waals surface area contributed by atoms with Crippen LogP contribution < -0.4 is 17.2 Å². The molecule has 0 radical (unpaired) electrons. The fourth-order valence-corrected chi connectivity index (χ4v) is 0.427. The minimum absolute atomic E-state index is 0.0417. The minimum Gasteiger partial charge on any atom is -0.368 e. The highest BCUT2D eigenvalue weighted by atomic mass is 16.1. The van der Waals surface area contributed by atoms with Gasteiger partial charge in [-0.2, -0.15) is 15.0 Å². The lowest BCUT2D eigenvalue weighted by atomic mass is 10.9. The number of isocyanates is 1. The summed E-state index contributed by atoms with van der Waals surface area (Å²) in [6.45, 7) is 0. The van der Waals surface area contributed by atoms with E-state index in [1.165, 1.54) is 0 Å². The Labute approximate surface area is 67.3 Å². The lowest BCUT2D eigenvalue weighted by molar-refractivity contribution is 0.563. The van der Waals surface area contributed by atoms with Crippen molar-refractivity contribution in [3.05, 3.63) is 0 Å². The van der Waals surface area contributed by atoms with E-state index in [9.17, 15) is 0 Å². The van der Waals surface area contributed by atoms with Crippen molar-refractivity contribution >= 4 is 23.9 Å². The number of anilines is 3. The summed E-state index contributed by atoms with van der Waals surface area (Å²) in [5.74, 6) is 0.125. The van der Waals surface area contributed by atoms with E-state index in [1.807, 2.05) is 0 Å². The zero-order chi connectivity index (χ0) is 9.56. The number of aromatic nitrogens is 3. The van der Waals surface area contributed by atoms with Gasteiger partial charge < -0.3 is 17.2 Å². The number of hydrogen-bond donors (Lipinski definition) is 4. The second-order valence-electron chi connectivity index (χ2n) is 1.51. The molecule has 0 bridgehead atoms. The fourth-order valence-electron chi connectivity index (χ4n) is 0.427. The van der Waals surface area contributed by atoms with E-state index in [0.717, 1.165) is 6.08 Å². The summed E-state index contributed by atoms with van der Waals surface area (Å²) in [6, 6.07) is 0. The summed E-state index contributed by atoms with van der Waals surface area (Å²) in [5.41, 5.74) is 15.4. The van der Waals surface area contributed by atoms with Crippen LogP contribution in [0.15, 0.2) is 0 Å². The molecule has 1 aromatic rings. The van der Waals surface area contributed by atoms with Crippen LogP contribution in [0.1, 0.15) is 0 Å². The van der Waals surface area contributed by atoms with E-state index in [0.29, 0.717) is 0 Å². The number of rotatable bonds is 0. The highest BCUT2D eigenvalue weighted by Crippen LogP contribution is 1.97. The van der Waals surface area contributed by atoms with E-state index >= 15 is 0 Å². The van der Waals surface area contributed by atoms with E-state index in [-0.39, 0.29) is 17.8 Å². The Kier molecular flexibility index (Phi) is 3.74. The molecule has 0 fully saturated rings. The Morgan fingerprint density at radius 2 is 1.17 bits per heavy atom. The van der Waals surface area contributed by atoms with Crippen molar-refractivity contribution in [1.82, 2.24) is 15.0 Å². The normalized spacial score (nSPS) is 7.67. The molecule has 0 saturated heterocycles. The molecule has 7 N–H and O–H groups in total. The zero-order valence-electron chi connectivity index (χ0n) is 5.98. The van der Waals surface area contributed by atoms with Crippen LogP contribution in [0, 0.1) is 5.41 Å². The molecule has 0 aliphatic carbocycles. The highest BCUT2D eigenvalue weighted by molar-refractivity contribution is 5.33. The van der Waals surface area contributed by atoms with Gasteiger partial charge >= 0.3 is 0 Å². The molecule has 12 heavy (non-hydrogen) atoms. The standard InChI is InChI=1S/C3H6N6.CHNO/c4-1-7-2(5)9-3(6)8-1;2-1-3/h(H6,4,5,6,7,8,9);2H. The van der Waals surface area contributed by atoms with Crippen molar-refractivity contribution in [2.45, 2.75) is 0 Å². The maximum atomic E-state index is 8.35. The zero-order valence-corrected chi connectivity index (χ0v) is 5.98. The number of nitrogens with one attached hydrogen (secondary N) is 1. The molecule has 0 atom stereocenters. The third-order valence-corrected chi connectivity index (χ3v) is 0.687. The molecule has 8 nitrogen and oxygen atoms in total. The summed E-state index contributed by atoms with van der Waals surface area (Å²) in [7, 11) is 0. The molecule has 1 heterocycles. The van der Waals surface area contributed by atoms with Crippen molar-refractivity contribution in [3.8, 4) is 0 Å². The minimum atomic E-state index is 0.0417. The topological polar surface area (TPSA) is 158 Å². The molecule has 1 aromatic heterocycles. The predicted molar refractivity (Wildman–Crippen MR) is 41.5 cm³/mol. The molecule has 64 valence electrons. The van der Waals surface area contributed by atoms with Crippen LogP contribution in [0.2, 0.25) is 0 Å². The largest absolute Gasteiger partial charge is 0.368 e. The van der Waals surface area contributed by atoms with Gasteiger partial charge in [0.25, 0.3) is 0 Å². The third-order valence-electron chi connectivity index (χ3n) is 0.687. The van der Waals surface area contributed by atoms with Crippen LogP contribution in [0.4, 0.5) is 17.8 Å². The smallest absolute Gasteiger partial charge is 0.231 e. The first-order valence-corrected chi connectivity index (χ1v) is 2.66. The Hall–Kier alpha value is -2.21. The van der Waals surface area contributed by atoms with Gasteiger partial charge in [-0.05, 0) is 0 Å². The summed E-state index contributed by atoms with van der Waals surface area (Å²) >= 11 is 0. The number of hydrogen-bond acceptors (Lipinski definition) is 8. The molecular weight excluding hydrogens is 162 g/mol. The third kappa shape index (κ3) is 3.75. The Bertz CT molecular complexity index is 241. The number of carbonyl (C=O) groups excluding carboxylic acids is 1. The first kappa shape index (κ1) is 9.79. The summed E-state index contributed by atoms with van der Waals surface area (Å²) < 4.78 is 0. The molecular formula is C4H7N7O. The lowest BCUT2D eigenvalue weighted by Crippen LogP contribution is -2.05. The Morgan fingerprint density at radius 1 is 1.00 bits per heavy atom. The Balaban J connectivity index is 0.000000354. The van der Waals surface area contributed by atoms with Gasteiger partial charge in [0.1, 0.15) is 0 Å². The van der Waals surface area contributed by atoms with Crippen LogP contribution >= 0.6 is 0 Å². The van der Waals surface area contributed by atoms with E-state index in [4.69, 9.17) is 27.4 Å². The molecule has 0 spiro atoms. The summed E-state index contributed by atoms with van der Waals surface area (Å²) in [5, 5.41) is 5.40. The predicted octanol–water partition coefficient (Wildman–Crippen LogP) is -1.48. The van der Waals surface area contributed by atoms with Crippen molar-refractivity contribution in [1.29, 1.82) is 5.41 Å². The molecule has 0 unspecified atom stereocenters. The maximum Gasteiger partial charge on any atom is 0.231 e. The van der Waals surface area contributed by atoms with Gasteiger partial charge in [-0.25, -0.2) is 10.2 Å². The Morgan fingerprint density at radius 3 is 1.33 bits per heavy atom. The second kappa shape index (κ2) is 4.58. The van der Waals surface area contributed by atoms with Crippen LogP contribution in [-0.2, 0) is 4.79 Å². The van der Waals surface area contributed by atoms with Crippen LogP contribution in [0.3, 0.4) is 0 Å². The van der Waals surface area contributed by atoms with Crippen molar-refractivity contribution in [2.24, 2.45) is 0 Å². The van der Waals surface area contributed by atoms with Gasteiger partial charge in [-0.1, -0.05) is 0 Å². The van der Waals surface area contributed by atoms with E-state index < -0.39 is 0 Å². The van der Waals surface area contributed by atoms with Gasteiger partial charge in [0, 0.05) is 0 Å². The SMILES string of the molecule is N=C=O.Nc1nc(N)nc(N)n1. The lowest BCUT2D eigenvalue weighted by Gasteiger charge is -1.93. The monoisotopic (exact) mass is 169 g/mol. The average Bonchev–Trinajstić information content (AvgIpc) is 1.84. The van der Waals surface area contributed by atoms with Crippen molar-refractivity contribution < 1.29 is 4.79 Å². The molecule has 0 amide bonds. The first-order chi connectivity index (χ1) is 5.60. The van der Waals surface area contributed by atoms with Crippen LogP contribution in [0.25, 0.3) is 0 Å². The van der Waals surface area contributed by atoms with Gasteiger partial charge in [-0.3, -0.25) is 0 Å². The summed E-state index contributed by atoms with van der Waals surface area (Å²) in [6.07, 6.45) is 0.750. The average molecular weight is 169 g/mol. The van der Waals surface area contributed by atoms with E-state index in [1.54, 1.807) is 0 Å². The van der Waals surface area contributed by atoms with Crippen LogP contribution in [0.5, 0.6) is 0 Å². The summed E-state index contributed by atoms with van der Waals surface area (Å²) in [4.78, 5) is 18.8. The first-order valence-electron chi connectivity index (χ1n) is 2.66. The van der Waals surface area contributed by atoms with Crippen molar-refractivity contribution in [3.63, 3.8) is 0 Å². The van der Waals surface area contributed by atoms with Crippen molar-refractivity contribution in [2.75, 3.05) is 17.2 Å². The van der Waals surface area contributed by atoms with Gasteiger partial charge in [0.05, 0.1) is 0 Å². The number of nitrogens with zero attached hydrogens (tertiary/aromatic N) is 3. The molecule has 0 saturated carbocycles. The molecule has 8 heteroatoms. The molecule has 0 aliphatic rings. The quantitative estimate of drug-likeness (QED) is 0.272. The maximum absolute atomic E-state index is 8.35. The number of nitrogens with two attached hydrogens (primary N) is 3. The second-order valence-corrected chi connectivity index (χ2v) is 1.51. The molecule has 0 aliphatic heterocycles. The molecule has 0 aromatic carbocycles. The highest BCUT2D eigenvalue weighted by Gasteiger charge is 1.93. The van der Waals surface area contributed by atoms with Gasteiger partial charge in [-0.15, -0.1) is 0 Å². The van der Waals surface area contributed by atoms with E-state index in [2.05, 4.69) is 15.0 Å². The molecule has 1 rings (SSSR count). The fraction of sp³-hybridized carbons (Fsp3) is 0. The van der Waals surface area contributed by atoms with Gasteiger partial charge in [0.15, 0.2) is 0 Å². The number of nitrogen functional groups attached to an aromatic ring is 3. The van der Waals surface area contributed by atoms with Gasteiger partial charge in [0.2, 0.25) is 23.9 Å².